The summed E-state index contributed by atoms with van der Waals surface area (Å²) in [6, 6.07) is 0. The van der Waals surface area contributed by atoms with Crippen LogP contribution in [-0.4, -0.2) is 11.9 Å². The molecule has 0 atom stereocenters. The van der Waals surface area contributed by atoms with Crippen molar-refractivity contribution in [2.45, 2.75) is 25.7 Å². The van der Waals surface area contributed by atoms with E-state index in [1.54, 1.807) is 12.2 Å². The molecule has 0 saturated carbocycles. The van der Waals surface area contributed by atoms with Gasteiger partial charge in [-0.25, -0.2) is 9.59 Å². The zero-order valence-electron chi connectivity index (χ0n) is 7.21. The van der Waals surface area contributed by atoms with E-state index in [-0.39, 0.29) is 0 Å². The molecule has 0 unspecified atom stereocenters. The molecule has 68 valence electrons. The first-order chi connectivity index (χ1) is 6.27. The van der Waals surface area contributed by atoms with Crippen LogP contribution in [0.15, 0.2) is 23.3 Å². The highest BCUT2D eigenvalue weighted by atomic mass is 16.6. The molecule has 0 saturated heterocycles. The number of carbonyl (C=O) groups excluding carboxylic acids is 2. The summed E-state index contributed by atoms with van der Waals surface area (Å²) < 4.78 is 4.64. The Balaban J connectivity index is 1.90. The van der Waals surface area contributed by atoms with E-state index >= 15 is 0 Å². The average Bonchev–Trinajstić information content (AvgIpc) is 1.76. The molecule has 0 amide bonds. The molecular formula is C10H10O3. The van der Waals surface area contributed by atoms with Crippen LogP contribution in [0.1, 0.15) is 25.7 Å². The van der Waals surface area contributed by atoms with E-state index in [9.17, 15) is 9.59 Å². The number of esters is 2. The highest BCUT2D eigenvalue weighted by molar-refractivity contribution is 6.02. The van der Waals surface area contributed by atoms with Gasteiger partial charge in [0.1, 0.15) is 0 Å². The molecule has 3 nitrogen and oxygen atoms in total. The maximum absolute atomic E-state index is 11.1. The molecule has 13 heavy (non-hydrogen) atoms. The largest absolute Gasteiger partial charge is 0.386 e. The van der Waals surface area contributed by atoms with Gasteiger partial charge in [-0.05, 0) is 25.7 Å². The first kappa shape index (κ1) is 8.23. The summed E-state index contributed by atoms with van der Waals surface area (Å²) in [6.45, 7) is 0. The van der Waals surface area contributed by atoms with E-state index in [2.05, 4.69) is 4.74 Å². The predicted molar refractivity (Wildman–Crippen MR) is 45.7 cm³/mol. The van der Waals surface area contributed by atoms with Gasteiger partial charge in [0.05, 0.1) is 0 Å². The third kappa shape index (κ3) is 1.54. The standard InChI is InChI=1S/C10H10O3/c11-9(7-3-1-4-7)13-10(12)8-5-2-6-8/h3,5H,1-2,4,6H2. The molecule has 0 spiro atoms. The van der Waals surface area contributed by atoms with Crippen molar-refractivity contribution in [2.75, 3.05) is 0 Å². The first-order valence-electron chi connectivity index (χ1n) is 4.42. The Bertz CT molecular complexity index is 291. The van der Waals surface area contributed by atoms with Crippen LogP contribution in [-0.2, 0) is 14.3 Å². The molecule has 0 aromatic rings. The zero-order valence-corrected chi connectivity index (χ0v) is 7.21. The molecular weight excluding hydrogens is 168 g/mol. The lowest BCUT2D eigenvalue weighted by Gasteiger charge is -2.15. The van der Waals surface area contributed by atoms with Crippen LogP contribution < -0.4 is 0 Å². The topological polar surface area (TPSA) is 43.4 Å². The third-order valence-electron chi connectivity index (χ3n) is 2.32. The van der Waals surface area contributed by atoms with Crippen LogP contribution >= 0.6 is 0 Å². The summed E-state index contributed by atoms with van der Waals surface area (Å²) in [4.78, 5) is 22.3. The van der Waals surface area contributed by atoms with Crippen molar-refractivity contribution >= 4 is 11.9 Å². The Morgan fingerprint density at radius 2 is 1.38 bits per heavy atom. The summed E-state index contributed by atoms with van der Waals surface area (Å²) in [5.41, 5.74) is 1.27. The number of hydrogen-bond acceptors (Lipinski definition) is 3. The molecule has 0 aliphatic heterocycles. The SMILES string of the molecule is O=C(OC(=O)C1=CCC1)C1=CCC1. The molecule has 0 fully saturated rings. The van der Waals surface area contributed by atoms with Gasteiger partial charge in [-0.2, -0.15) is 0 Å². The molecule has 2 aliphatic rings. The normalized spacial score (nSPS) is 19.1. The summed E-state index contributed by atoms with van der Waals surface area (Å²) in [5, 5.41) is 0. The maximum Gasteiger partial charge on any atom is 0.341 e. The van der Waals surface area contributed by atoms with Crippen LogP contribution in [0.5, 0.6) is 0 Å². The number of ether oxygens (including phenoxy) is 1. The fraction of sp³-hybridized carbons (Fsp3) is 0.400. The van der Waals surface area contributed by atoms with E-state index in [4.69, 9.17) is 0 Å². The predicted octanol–water partition coefficient (Wildman–Crippen LogP) is 1.50. The molecule has 0 heterocycles. The Morgan fingerprint density at radius 1 is 1.00 bits per heavy atom. The first-order valence-corrected chi connectivity index (χ1v) is 4.42. The lowest BCUT2D eigenvalue weighted by molar-refractivity contribution is -0.154. The molecule has 2 rings (SSSR count). The molecule has 3 heteroatoms. The Labute approximate surface area is 76.1 Å². The highest BCUT2D eigenvalue weighted by Crippen LogP contribution is 2.22. The summed E-state index contributed by atoms with van der Waals surface area (Å²) in [6.07, 6.45) is 6.91. The van der Waals surface area contributed by atoms with Crippen molar-refractivity contribution in [2.24, 2.45) is 0 Å². The van der Waals surface area contributed by atoms with Gasteiger partial charge in [0.25, 0.3) is 0 Å². The van der Waals surface area contributed by atoms with Gasteiger partial charge in [-0.1, -0.05) is 12.2 Å². The second-order valence-electron chi connectivity index (χ2n) is 3.21. The second-order valence-corrected chi connectivity index (χ2v) is 3.21. The monoisotopic (exact) mass is 178 g/mol. The number of hydrogen-bond donors (Lipinski definition) is 0. The van der Waals surface area contributed by atoms with Crippen LogP contribution in [0.4, 0.5) is 0 Å². The van der Waals surface area contributed by atoms with E-state index in [1.165, 1.54) is 0 Å². The van der Waals surface area contributed by atoms with E-state index in [0.29, 0.717) is 11.1 Å². The summed E-state index contributed by atoms with van der Waals surface area (Å²) >= 11 is 0. The van der Waals surface area contributed by atoms with Crippen LogP contribution in [0, 0.1) is 0 Å². The minimum absolute atomic E-state index is 0.468. The van der Waals surface area contributed by atoms with Gasteiger partial charge in [0, 0.05) is 11.1 Å². The molecule has 2 aliphatic carbocycles. The van der Waals surface area contributed by atoms with Crippen LogP contribution in [0.25, 0.3) is 0 Å². The third-order valence-corrected chi connectivity index (χ3v) is 2.32. The van der Waals surface area contributed by atoms with Crippen LogP contribution in [0.2, 0.25) is 0 Å². The fourth-order valence-electron chi connectivity index (χ4n) is 1.16. The van der Waals surface area contributed by atoms with Crippen molar-refractivity contribution in [3.8, 4) is 0 Å². The van der Waals surface area contributed by atoms with Gasteiger partial charge in [0.15, 0.2) is 0 Å². The summed E-state index contributed by atoms with van der Waals surface area (Å²) in [5.74, 6) is -0.937. The van der Waals surface area contributed by atoms with Crippen molar-refractivity contribution < 1.29 is 14.3 Å². The Kier molecular flexibility index (Phi) is 2.00. The number of allylic oxidation sites excluding steroid dienone is 2. The molecule has 0 bridgehead atoms. The Morgan fingerprint density at radius 3 is 1.62 bits per heavy atom. The molecule has 0 aromatic heterocycles. The van der Waals surface area contributed by atoms with Crippen LogP contribution in [0.3, 0.4) is 0 Å². The van der Waals surface area contributed by atoms with E-state index < -0.39 is 11.9 Å². The smallest absolute Gasteiger partial charge is 0.341 e. The summed E-state index contributed by atoms with van der Waals surface area (Å²) in [7, 11) is 0. The molecule has 0 radical (unpaired) electrons. The maximum atomic E-state index is 11.1. The minimum Gasteiger partial charge on any atom is -0.386 e. The van der Waals surface area contributed by atoms with Gasteiger partial charge in [-0.3, -0.25) is 0 Å². The average molecular weight is 178 g/mol. The highest BCUT2D eigenvalue weighted by Gasteiger charge is 2.23. The van der Waals surface area contributed by atoms with E-state index in [1.807, 2.05) is 0 Å². The Hall–Kier alpha value is -1.38. The van der Waals surface area contributed by atoms with E-state index in [0.717, 1.165) is 25.7 Å². The van der Waals surface area contributed by atoms with Gasteiger partial charge in [0.2, 0.25) is 0 Å². The van der Waals surface area contributed by atoms with Crippen molar-refractivity contribution in [3.05, 3.63) is 23.3 Å². The fourth-order valence-corrected chi connectivity index (χ4v) is 1.16. The number of carbonyl (C=O) groups is 2. The zero-order chi connectivity index (χ0) is 9.26. The van der Waals surface area contributed by atoms with Gasteiger partial charge in [-0.15, -0.1) is 0 Å². The minimum atomic E-state index is -0.468. The van der Waals surface area contributed by atoms with Crippen molar-refractivity contribution in [1.29, 1.82) is 0 Å². The van der Waals surface area contributed by atoms with Crippen molar-refractivity contribution in [3.63, 3.8) is 0 Å². The van der Waals surface area contributed by atoms with Gasteiger partial charge >= 0.3 is 11.9 Å². The molecule has 0 N–H and O–H groups in total. The van der Waals surface area contributed by atoms with Gasteiger partial charge < -0.3 is 4.74 Å². The van der Waals surface area contributed by atoms with Crippen molar-refractivity contribution in [1.82, 2.24) is 0 Å². The quantitative estimate of drug-likeness (QED) is 0.475. The molecule has 0 aromatic carbocycles. The lowest BCUT2D eigenvalue weighted by Crippen LogP contribution is -2.20. The number of rotatable bonds is 2. The lowest BCUT2D eigenvalue weighted by atomic mass is 9.98. The second kappa shape index (κ2) is 3.17.